The smallest absolute Gasteiger partial charge is 0.407 e. The first-order valence-electron chi connectivity index (χ1n) is 21.1. The van der Waals surface area contributed by atoms with Crippen LogP contribution in [0.25, 0.3) is 16.8 Å². The Labute approximate surface area is 357 Å². The summed E-state index contributed by atoms with van der Waals surface area (Å²) >= 11 is 0. The van der Waals surface area contributed by atoms with Crippen molar-refractivity contribution in [2.75, 3.05) is 54.9 Å². The molecule has 2 unspecified atom stereocenters. The van der Waals surface area contributed by atoms with Crippen molar-refractivity contribution in [1.29, 1.82) is 0 Å². The molecule has 2 aliphatic carbocycles. The van der Waals surface area contributed by atoms with Gasteiger partial charge in [-0.1, -0.05) is 62.4 Å². The molecule has 3 heterocycles. The fraction of sp³-hybridized carbons (Fsp3) is 0.435. The first kappa shape index (κ1) is 42.9. The number of methoxy groups -OCH3 is 1. The lowest BCUT2D eigenvalue weighted by Crippen LogP contribution is -2.40. The number of guanidine groups is 1. The third-order valence-corrected chi connectivity index (χ3v) is 11.3. The van der Waals surface area contributed by atoms with Gasteiger partial charge in [0.2, 0.25) is 5.91 Å². The van der Waals surface area contributed by atoms with Crippen LogP contribution in [-0.4, -0.2) is 124 Å². The van der Waals surface area contributed by atoms with Gasteiger partial charge in [-0.3, -0.25) is 9.59 Å². The number of alkyl carbamates (subject to hydrolysis) is 1. The van der Waals surface area contributed by atoms with Crippen LogP contribution in [0.3, 0.4) is 0 Å². The van der Waals surface area contributed by atoms with Crippen molar-refractivity contribution in [3.63, 3.8) is 0 Å². The highest BCUT2D eigenvalue weighted by Crippen LogP contribution is 2.45. The Kier molecular flexibility index (Phi) is 13.4. The number of nitrogens with one attached hydrogen (secondary N) is 3. The largest absolute Gasteiger partial charge is 0.453 e. The molecule has 61 heavy (non-hydrogen) atoms. The van der Waals surface area contributed by atoms with Gasteiger partial charge in [0.05, 0.1) is 56.2 Å². The van der Waals surface area contributed by atoms with Crippen molar-refractivity contribution in [3.8, 4) is 11.3 Å². The highest BCUT2D eigenvalue weighted by atomic mass is 16.5. The predicted octanol–water partition coefficient (Wildman–Crippen LogP) is 5.81. The highest BCUT2D eigenvalue weighted by molar-refractivity contribution is 5.88. The maximum Gasteiger partial charge on any atom is 0.407 e. The number of benzene rings is 2. The van der Waals surface area contributed by atoms with Gasteiger partial charge in [0.1, 0.15) is 18.2 Å². The second kappa shape index (κ2) is 19.0. The lowest BCUT2D eigenvalue weighted by molar-refractivity contribution is -0.133. The van der Waals surface area contributed by atoms with Crippen LogP contribution in [0.5, 0.6) is 0 Å². The maximum absolute atomic E-state index is 14.5. The van der Waals surface area contributed by atoms with E-state index in [1.165, 1.54) is 18.2 Å². The van der Waals surface area contributed by atoms with Gasteiger partial charge in [-0.15, -0.1) is 0 Å². The number of ether oxygens (including phenoxy) is 2. The maximum atomic E-state index is 14.5. The van der Waals surface area contributed by atoms with Crippen LogP contribution >= 0.6 is 0 Å². The number of aryl methyl sites for hydroxylation is 1. The minimum absolute atomic E-state index is 0.0636. The number of H-pyrrole nitrogens is 2. The summed E-state index contributed by atoms with van der Waals surface area (Å²) in [5.41, 5.74) is 9.48. The molecule has 0 spiro atoms. The third-order valence-electron chi connectivity index (χ3n) is 11.3. The van der Waals surface area contributed by atoms with Gasteiger partial charge in [0.25, 0.3) is 5.91 Å². The second-order valence-electron chi connectivity index (χ2n) is 16.2. The third kappa shape index (κ3) is 9.57. The number of amides is 3. The zero-order chi connectivity index (χ0) is 43.2. The molecule has 0 saturated heterocycles. The number of aliphatic imine (C=N–C) groups is 1. The summed E-state index contributed by atoms with van der Waals surface area (Å²) in [6, 6.07) is 15.5. The van der Waals surface area contributed by atoms with Gasteiger partial charge in [-0.2, -0.15) is 0 Å². The molecule has 2 aromatic heterocycles. The minimum Gasteiger partial charge on any atom is -0.453 e. The number of carbonyl (C=O) groups is 3. The summed E-state index contributed by atoms with van der Waals surface area (Å²) in [5, 5.41) is 2.46. The van der Waals surface area contributed by atoms with Crippen LogP contribution in [0.1, 0.15) is 84.8 Å². The van der Waals surface area contributed by atoms with E-state index in [0.717, 1.165) is 70.9 Å². The van der Waals surface area contributed by atoms with E-state index in [1.54, 1.807) is 11.1 Å². The van der Waals surface area contributed by atoms with Gasteiger partial charge in [-0.25, -0.2) is 19.8 Å². The summed E-state index contributed by atoms with van der Waals surface area (Å²) in [4.78, 5) is 67.9. The molecule has 15 nitrogen and oxygen atoms in total. The minimum atomic E-state index is -0.702. The summed E-state index contributed by atoms with van der Waals surface area (Å²) in [7, 11) is 9.01. The average Bonchev–Trinajstić information content (AvgIpc) is 3.91. The Balaban J connectivity index is 1.07. The second-order valence-corrected chi connectivity index (χ2v) is 16.2. The number of hydrogen-bond acceptors (Lipinski definition) is 8. The summed E-state index contributed by atoms with van der Waals surface area (Å²) in [6.07, 6.45) is 8.87. The topological polar surface area (TPSA) is 164 Å². The number of allylic oxidation sites excluding steroid dienone is 2. The van der Waals surface area contributed by atoms with E-state index in [2.05, 4.69) is 62.3 Å². The van der Waals surface area contributed by atoms with Gasteiger partial charge >= 0.3 is 6.09 Å². The van der Waals surface area contributed by atoms with E-state index in [0.29, 0.717) is 44.6 Å². The van der Waals surface area contributed by atoms with Crippen LogP contribution in [0.15, 0.2) is 77.4 Å². The number of aromatic nitrogens is 4. The molecule has 3 amide bonds. The van der Waals surface area contributed by atoms with E-state index in [9.17, 15) is 14.4 Å². The fourth-order valence-corrected chi connectivity index (χ4v) is 8.47. The standard InChI is InChI=1S/C46H58N10O5/c1-8-19-55(41(57)25-48-46(59)60-7)26-39-47-24-37(50-39)31-15-17-33-32(21-31)28-61-38-23-34-30(22-35(33)38)16-18-36-43(34)51-40(49-36)27-56(20-9-2)44(58)42(29-13-11-10-12-14-29)52-45(53(3)4)54(5)6/h10-15,17,21-24,35,38,42H,8-9,16,18-20,25-28H2,1-7H3,(H,47,50)(H,48,59)(H,49,51)/t35?,38?,42-/m1/s1. The zero-order valence-corrected chi connectivity index (χ0v) is 36.3. The lowest BCUT2D eigenvalue weighted by Gasteiger charge is -2.36. The quantitative estimate of drug-likeness (QED) is 0.105. The molecular weight excluding hydrogens is 773 g/mol. The molecule has 3 N–H and O–H groups in total. The van der Waals surface area contributed by atoms with E-state index in [1.807, 2.05) is 80.1 Å². The summed E-state index contributed by atoms with van der Waals surface area (Å²) in [5.74, 6) is 1.93. The van der Waals surface area contributed by atoms with Crippen molar-refractivity contribution in [1.82, 2.24) is 44.9 Å². The van der Waals surface area contributed by atoms with Crippen molar-refractivity contribution < 1.29 is 23.9 Å². The molecule has 4 aromatic rings. The number of imidazole rings is 2. The molecule has 7 rings (SSSR count). The Bertz CT molecular complexity index is 2300. The molecule has 2 aromatic carbocycles. The molecule has 3 atom stereocenters. The number of hydrogen-bond donors (Lipinski definition) is 3. The Morgan fingerprint density at radius 1 is 0.934 bits per heavy atom. The van der Waals surface area contributed by atoms with Crippen LogP contribution in [0.4, 0.5) is 4.79 Å². The summed E-state index contributed by atoms with van der Waals surface area (Å²) in [6.45, 7) is 6.16. The van der Waals surface area contributed by atoms with Crippen molar-refractivity contribution in [2.24, 2.45) is 4.99 Å². The fourth-order valence-electron chi connectivity index (χ4n) is 8.47. The summed E-state index contributed by atoms with van der Waals surface area (Å²) < 4.78 is 11.2. The Hall–Kier alpha value is -6.22. The van der Waals surface area contributed by atoms with Crippen LogP contribution in [0, 0.1) is 0 Å². The van der Waals surface area contributed by atoms with Crippen LogP contribution in [-0.2, 0) is 45.2 Å². The molecular formula is C46H58N10O5. The van der Waals surface area contributed by atoms with E-state index in [4.69, 9.17) is 14.7 Å². The van der Waals surface area contributed by atoms with Gasteiger partial charge in [0, 0.05) is 52.8 Å². The Morgan fingerprint density at radius 2 is 1.67 bits per heavy atom. The van der Waals surface area contributed by atoms with Crippen molar-refractivity contribution >= 4 is 29.4 Å². The first-order chi connectivity index (χ1) is 29.5. The molecule has 1 aliphatic heterocycles. The van der Waals surface area contributed by atoms with Crippen LogP contribution in [0.2, 0.25) is 0 Å². The highest BCUT2D eigenvalue weighted by Gasteiger charge is 2.36. The molecule has 0 saturated carbocycles. The molecule has 0 radical (unpaired) electrons. The van der Waals surface area contributed by atoms with E-state index < -0.39 is 12.1 Å². The number of fused-ring (bicyclic) bond motifs is 6. The van der Waals surface area contributed by atoms with Crippen molar-refractivity contribution in [2.45, 2.75) is 77.3 Å². The number of carbonyl (C=O) groups excluding carboxylic acids is 3. The van der Waals surface area contributed by atoms with Gasteiger partial charge in [-0.05, 0) is 65.7 Å². The van der Waals surface area contributed by atoms with Crippen LogP contribution < -0.4 is 5.32 Å². The van der Waals surface area contributed by atoms with Gasteiger partial charge < -0.3 is 44.4 Å². The monoisotopic (exact) mass is 830 g/mol. The number of nitrogens with zero attached hydrogens (tertiary/aromatic N) is 7. The number of rotatable bonds is 14. The van der Waals surface area contributed by atoms with Gasteiger partial charge in [0.15, 0.2) is 12.0 Å². The molecule has 15 heteroatoms. The molecule has 0 bridgehead atoms. The normalized spacial score (nSPS) is 16.6. The Morgan fingerprint density at radius 3 is 2.39 bits per heavy atom. The average molecular weight is 831 g/mol. The van der Waals surface area contributed by atoms with E-state index in [-0.39, 0.29) is 30.4 Å². The predicted molar refractivity (Wildman–Crippen MR) is 234 cm³/mol. The lowest BCUT2D eigenvalue weighted by atomic mass is 9.76. The van der Waals surface area contributed by atoms with Crippen molar-refractivity contribution in [3.05, 3.63) is 112 Å². The SMILES string of the molecule is CCCN(Cc1ncc(-c2ccc3c(c2)COC2C=C4C(=CC32)CCc2nc(CN(CCC)C(=O)[C@H](N=C(N(C)C)N(C)C)c3ccccc3)[nH]c24)[nH]1)C(=O)CNC(=O)OC. The number of aromatic amines is 2. The zero-order valence-electron chi connectivity index (χ0n) is 36.3. The van der Waals surface area contributed by atoms with E-state index >= 15 is 0 Å². The molecule has 0 fully saturated rings. The first-order valence-corrected chi connectivity index (χ1v) is 21.1. The molecule has 322 valence electrons. The molecule has 3 aliphatic rings.